The van der Waals surface area contributed by atoms with E-state index in [1.165, 1.54) is 58.0 Å². The summed E-state index contributed by atoms with van der Waals surface area (Å²) in [6.45, 7) is 7.03. The highest BCUT2D eigenvalue weighted by Gasteiger charge is 2.26. The van der Waals surface area contributed by atoms with Crippen molar-refractivity contribution in [3.63, 3.8) is 0 Å². The Morgan fingerprint density at radius 2 is 1.62 bits per heavy atom. The van der Waals surface area contributed by atoms with E-state index >= 15 is 0 Å². The Morgan fingerprint density at radius 3 is 2.14 bits per heavy atom. The Morgan fingerprint density at radius 1 is 1.00 bits per heavy atom. The van der Waals surface area contributed by atoms with E-state index in [2.05, 4.69) is 44.7 Å². The molecule has 0 spiro atoms. The number of aryl methyl sites for hydroxylation is 1. The first-order valence-electron chi connectivity index (χ1n) is 14.1. The van der Waals surface area contributed by atoms with E-state index in [0.717, 1.165) is 35.6 Å². The standard InChI is InChI=1S/C30H42ClN5O/c1-3-17-36(18-4-2)26-11-6-22(7-12-26)5-8-23-9-10-24(19-27(23)31)30(37)25(20-28-32-13-14-33-28)21-29-34-15-16-35-29/h9-10,13-16,19,22,25-26H,3-8,11-12,17-18,20-21H2,1-2H3,(H,32,33)(H,34,35). The third kappa shape index (κ3) is 7.78. The SMILES string of the molecule is CCCN(CCC)C1CCC(CCc2ccc(C(=O)C(Cc3ncc[nH]3)Cc3ncc[nH]3)cc2Cl)CC1. The molecule has 2 heterocycles. The molecule has 3 aromatic rings. The number of nitrogens with zero attached hydrogens (tertiary/aromatic N) is 3. The van der Waals surface area contributed by atoms with Crippen molar-refractivity contribution in [3.05, 3.63) is 70.8 Å². The van der Waals surface area contributed by atoms with E-state index in [1.54, 1.807) is 24.8 Å². The molecule has 200 valence electrons. The van der Waals surface area contributed by atoms with E-state index in [9.17, 15) is 4.79 Å². The maximum absolute atomic E-state index is 13.5. The molecule has 0 radical (unpaired) electrons. The summed E-state index contributed by atoms with van der Waals surface area (Å²) < 4.78 is 0. The fourth-order valence-electron chi connectivity index (χ4n) is 5.89. The minimum Gasteiger partial charge on any atom is -0.349 e. The molecule has 37 heavy (non-hydrogen) atoms. The molecule has 1 fully saturated rings. The molecular formula is C30H42ClN5O. The fourth-order valence-corrected chi connectivity index (χ4v) is 6.17. The number of carbonyl (C=O) groups is 1. The number of halogens is 1. The van der Waals surface area contributed by atoms with Crippen molar-refractivity contribution < 1.29 is 4.79 Å². The van der Waals surface area contributed by atoms with E-state index in [4.69, 9.17) is 11.6 Å². The average molecular weight is 524 g/mol. The van der Waals surface area contributed by atoms with Crippen molar-refractivity contribution >= 4 is 17.4 Å². The summed E-state index contributed by atoms with van der Waals surface area (Å²) in [5.74, 6) is 2.17. The van der Waals surface area contributed by atoms with Crippen molar-refractivity contribution in [3.8, 4) is 0 Å². The van der Waals surface area contributed by atoms with Crippen LogP contribution in [0.25, 0.3) is 0 Å². The molecule has 0 bridgehead atoms. The van der Waals surface area contributed by atoms with Gasteiger partial charge >= 0.3 is 0 Å². The summed E-state index contributed by atoms with van der Waals surface area (Å²) in [4.78, 5) is 31.1. The molecule has 0 aliphatic heterocycles. The zero-order valence-electron chi connectivity index (χ0n) is 22.4. The smallest absolute Gasteiger partial charge is 0.166 e. The quantitative estimate of drug-likeness (QED) is 0.231. The Bertz CT molecular complexity index is 1030. The number of Topliss-reactive ketones (excluding diaryl/α,β-unsaturated/α-hetero) is 1. The van der Waals surface area contributed by atoms with Gasteiger partial charge in [-0.3, -0.25) is 4.79 Å². The predicted molar refractivity (Wildman–Crippen MR) is 150 cm³/mol. The minimum absolute atomic E-state index is 0.0725. The maximum atomic E-state index is 13.5. The van der Waals surface area contributed by atoms with E-state index in [0.29, 0.717) is 23.4 Å². The number of nitrogens with one attached hydrogen (secondary N) is 2. The lowest BCUT2D eigenvalue weighted by Crippen LogP contribution is -2.39. The first-order chi connectivity index (χ1) is 18.1. The number of aromatic amines is 2. The van der Waals surface area contributed by atoms with Gasteiger partial charge in [0.2, 0.25) is 0 Å². The topological polar surface area (TPSA) is 77.7 Å². The van der Waals surface area contributed by atoms with E-state index < -0.39 is 0 Å². The summed E-state index contributed by atoms with van der Waals surface area (Å²) in [6.07, 6.45) is 17.9. The lowest BCUT2D eigenvalue weighted by Gasteiger charge is -2.37. The molecule has 7 heteroatoms. The molecule has 2 aromatic heterocycles. The van der Waals surface area contributed by atoms with Crippen molar-refractivity contribution in [2.24, 2.45) is 11.8 Å². The van der Waals surface area contributed by atoms with Crippen molar-refractivity contribution in [2.45, 2.75) is 84.1 Å². The van der Waals surface area contributed by atoms with Crippen LogP contribution in [0.3, 0.4) is 0 Å². The van der Waals surface area contributed by atoms with Crippen LogP contribution in [0.2, 0.25) is 5.02 Å². The van der Waals surface area contributed by atoms with Gasteiger partial charge in [-0.05, 0) is 82.0 Å². The summed E-state index contributed by atoms with van der Waals surface area (Å²) >= 11 is 6.72. The first kappa shape index (κ1) is 27.6. The van der Waals surface area contributed by atoms with Crippen LogP contribution in [0.5, 0.6) is 0 Å². The Labute approximate surface area is 226 Å². The van der Waals surface area contributed by atoms with Crippen molar-refractivity contribution in [1.29, 1.82) is 0 Å². The van der Waals surface area contributed by atoms with E-state index in [-0.39, 0.29) is 11.7 Å². The molecule has 1 aliphatic rings. The fraction of sp³-hybridized carbons (Fsp3) is 0.567. The lowest BCUT2D eigenvalue weighted by atomic mass is 9.82. The maximum Gasteiger partial charge on any atom is 0.166 e. The van der Waals surface area contributed by atoms with Gasteiger partial charge in [0, 0.05) is 60.2 Å². The van der Waals surface area contributed by atoms with E-state index in [1.807, 2.05) is 12.1 Å². The Balaban J connectivity index is 1.33. The number of imidazole rings is 2. The zero-order valence-corrected chi connectivity index (χ0v) is 23.1. The minimum atomic E-state index is -0.269. The van der Waals surface area contributed by atoms with Crippen molar-refractivity contribution in [2.75, 3.05) is 13.1 Å². The molecule has 6 nitrogen and oxygen atoms in total. The van der Waals surface area contributed by atoms with Gasteiger partial charge in [-0.1, -0.05) is 37.6 Å². The molecule has 4 rings (SSSR count). The zero-order chi connectivity index (χ0) is 26.0. The summed E-state index contributed by atoms with van der Waals surface area (Å²) in [6, 6.07) is 6.63. The number of aromatic nitrogens is 4. The van der Waals surface area contributed by atoms with Gasteiger partial charge in [0.15, 0.2) is 5.78 Å². The largest absolute Gasteiger partial charge is 0.349 e. The van der Waals surface area contributed by atoms with Gasteiger partial charge in [-0.25, -0.2) is 9.97 Å². The predicted octanol–water partition coefficient (Wildman–Crippen LogP) is 6.68. The monoisotopic (exact) mass is 523 g/mol. The van der Waals surface area contributed by atoms with Crippen LogP contribution in [0, 0.1) is 11.8 Å². The summed E-state index contributed by atoms with van der Waals surface area (Å²) in [7, 11) is 0. The van der Waals surface area contributed by atoms with Crippen LogP contribution in [-0.4, -0.2) is 49.8 Å². The number of hydrogen-bond acceptors (Lipinski definition) is 4. The number of carbonyl (C=O) groups excluding carboxylic acids is 1. The highest BCUT2D eigenvalue weighted by Crippen LogP contribution is 2.32. The third-order valence-electron chi connectivity index (χ3n) is 7.87. The number of benzene rings is 1. The molecule has 1 aromatic carbocycles. The van der Waals surface area contributed by atoms with Gasteiger partial charge in [-0.2, -0.15) is 0 Å². The third-order valence-corrected chi connectivity index (χ3v) is 8.23. The average Bonchev–Trinajstić information content (AvgIpc) is 3.62. The van der Waals surface area contributed by atoms with Crippen LogP contribution < -0.4 is 0 Å². The second-order valence-corrected chi connectivity index (χ2v) is 11.0. The van der Waals surface area contributed by atoms with Gasteiger partial charge in [0.1, 0.15) is 11.6 Å². The molecule has 0 saturated heterocycles. The molecule has 0 unspecified atom stereocenters. The number of ketones is 1. The molecule has 1 aliphatic carbocycles. The molecule has 0 amide bonds. The second-order valence-electron chi connectivity index (χ2n) is 10.6. The van der Waals surface area contributed by atoms with Crippen molar-refractivity contribution in [1.82, 2.24) is 24.8 Å². The van der Waals surface area contributed by atoms with Crippen LogP contribution >= 0.6 is 11.6 Å². The van der Waals surface area contributed by atoms with Gasteiger partial charge in [0.05, 0.1) is 0 Å². The van der Waals surface area contributed by atoms with Crippen LogP contribution in [-0.2, 0) is 19.3 Å². The normalized spacial score (nSPS) is 18.1. The Hall–Kier alpha value is -2.44. The number of rotatable bonds is 14. The molecule has 2 N–H and O–H groups in total. The Kier molecular flexibility index (Phi) is 10.4. The van der Waals surface area contributed by atoms with Crippen LogP contribution in [0.15, 0.2) is 43.0 Å². The molecule has 0 atom stereocenters. The first-order valence-corrected chi connectivity index (χ1v) is 14.5. The molecule has 1 saturated carbocycles. The summed E-state index contributed by atoms with van der Waals surface area (Å²) in [5, 5.41) is 0.700. The number of H-pyrrole nitrogens is 2. The highest BCUT2D eigenvalue weighted by atomic mass is 35.5. The van der Waals surface area contributed by atoms with Crippen LogP contribution in [0.4, 0.5) is 0 Å². The van der Waals surface area contributed by atoms with Gasteiger partial charge in [-0.15, -0.1) is 0 Å². The van der Waals surface area contributed by atoms with Gasteiger partial charge < -0.3 is 14.9 Å². The van der Waals surface area contributed by atoms with Gasteiger partial charge in [0.25, 0.3) is 0 Å². The highest BCUT2D eigenvalue weighted by molar-refractivity contribution is 6.31. The summed E-state index contributed by atoms with van der Waals surface area (Å²) in [5.41, 5.74) is 1.80. The lowest BCUT2D eigenvalue weighted by molar-refractivity contribution is 0.0915. The molecular weight excluding hydrogens is 482 g/mol. The van der Waals surface area contributed by atoms with Crippen LogP contribution in [0.1, 0.15) is 86.4 Å². The second kappa shape index (κ2) is 13.9. The number of hydrogen-bond donors (Lipinski definition) is 2.